The van der Waals surface area contributed by atoms with Crippen molar-refractivity contribution < 1.29 is 24.9 Å². The Morgan fingerprint density at radius 3 is 1.91 bits per heavy atom. The van der Waals surface area contributed by atoms with E-state index in [0.29, 0.717) is 19.6 Å². The third kappa shape index (κ3) is 19.3. The second-order valence-electron chi connectivity index (χ2n) is 6.22. The first-order valence-electron chi connectivity index (χ1n) is 9.29. The van der Waals surface area contributed by atoms with Gasteiger partial charge in [0.25, 0.3) is 0 Å². The number of aliphatic carboxylic acids is 1. The van der Waals surface area contributed by atoms with Gasteiger partial charge in [0.2, 0.25) is 0 Å². The minimum absolute atomic E-state index is 0.257. The molecule has 0 aliphatic heterocycles. The summed E-state index contributed by atoms with van der Waals surface area (Å²) in [5.74, 6) is -0.723. The summed E-state index contributed by atoms with van der Waals surface area (Å²) in [5.41, 5.74) is 0. The predicted molar refractivity (Wildman–Crippen MR) is 91.3 cm³/mol. The molecular formula is C18H36O5. The van der Waals surface area contributed by atoms with E-state index in [2.05, 4.69) is 0 Å². The lowest BCUT2D eigenvalue weighted by Gasteiger charge is -2.11. The summed E-state index contributed by atoms with van der Waals surface area (Å²) in [6.45, 7) is 0.921. The molecule has 0 aliphatic rings. The maximum Gasteiger partial charge on any atom is 0.303 e. The minimum atomic E-state index is -0.723. The van der Waals surface area contributed by atoms with Gasteiger partial charge in [0.05, 0.1) is 0 Å². The van der Waals surface area contributed by atoms with Gasteiger partial charge in [0, 0.05) is 19.6 Å². The minimum Gasteiger partial charge on any atom is -0.481 e. The Morgan fingerprint density at radius 2 is 1.30 bits per heavy atom. The van der Waals surface area contributed by atoms with E-state index >= 15 is 0 Å². The highest BCUT2D eigenvalue weighted by atomic mass is 16.6. The molecule has 0 aromatic carbocycles. The van der Waals surface area contributed by atoms with Crippen LogP contribution in [0.4, 0.5) is 0 Å². The molecule has 1 unspecified atom stereocenters. The molecule has 0 fully saturated rings. The van der Waals surface area contributed by atoms with Gasteiger partial charge in [0.1, 0.15) is 0 Å². The highest BCUT2D eigenvalue weighted by Crippen LogP contribution is 2.11. The zero-order valence-electron chi connectivity index (χ0n) is 14.5. The fraction of sp³-hybridized carbons (Fsp3) is 0.944. The number of ether oxygens (including phenoxy) is 1. The summed E-state index contributed by atoms with van der Waals surface area (Å²) < 4.78 is 5.39. The Hall–Kier alpha value is -0.650. The summed E-state index contributed by atoms with van der Waals surface area (Å²) in [4.78, 5) is 10.3. The molecule has 0 bridgehead atoms. The molecule has 0 rings (SSSR count). The van der Waals surface area contributed by atoms with Crippen molar-refractivity contribution in [2.75, 3.05) is 13.2 Å². The van der Waals surface area contributed by atoms with Gasteiger partial charge >= 0.3 is 5.97 Å². The van der Waals surface area contributed by atoms with E-state index in [-0.39, 0.29) is 6.42 Å². The molecular weight excluding hydrogens is 296 g/mol. The third-order valence-electron chi connectivity index (χ3n) is 3.95. The quantitative estimate of drug-likeness (QED) is 0.262. The number of rotatable bonds is 18. The lowest BCUT2D eigenvalue weighted by Crippen LogP contribution is -2.12. The summed E-state index contributed by atoms with van der Waals surface area (Å²) in [6.07, 6.45) is 12.7. The van der Waals surface area contributed by atoms with Crippen molar-refractivity contribution in [3.8, 4) is 0 Å². The van der Waals surface area contributed by atoms with Crippen LogP contribution in [0.25, 0.3) is 0 Å². The molecule has 138 valence electrons. The van der Waals surface area contributed by atoms with E-state index in [4.69, 9.17) is 14.9 Å². The van der Waals surface area contributed by atoms with Crippen molar-refractivity contribution in [1.82, 2.24) is 0 Å². The second-order valence-corrected chi connectivity index (χ2v) is 6.22. The molecule has 0 saturated carbocycles. The van der Waals surface area contributed by atoms with Gasteiger partial charge in [-0.25, -0.2) is 0 Å². The molecule has 3 N–H and O–H groups in total. The van der Waals surface area contributed by atoms with Crippen molar-refractivity contribution in [2.24, 2.45) is 0 Å². The van der Waals surface area contributed by atoms with Gasteiger partial charge in [0.15, 0.2) is 6.29 Å². The SMILES string of the molecule is O=C(O)CCCCCCCC(O)OCCCCCCCCCO. The van der Waals surface area contributed by atoms with Crippen molar-refractivity contribution in [2.45, 2.75) is 96.2 Å². The summed E-state index contributed by atoms with van der Waals surface area (Å²) in [6, 6.07) is 0. The Bertz CT molecular complexity index is 258. The van der Waals surface area contributed by atoms with Gasteiger partial charge in [-0.3, -0.25) is 4.79 Å². The van der Waals surface area contributed by atoms with Crippen LogP contribution < -0.4 is 0 Å². The van der Waals surface area contributed by atoms with Crippen molar-refractivity contribution >= 4 is 5.97 Å². The van der Waals surface area contributed by atoms with E-state index in [9.17, 15) is 9.90 Å². The summed E-state index contributed by atoms with van der Waals surface area (Å²) in [5, 5.41) is 26.9. The van der Waals surface area contributed by atoms with Crippen LogP contribution in [0.1, 0.15) is 89.9 Å². The fourth-order valence-corrected chi connectivity index (χ4v) is 2.53. The van der Waals surface area contributed by atoms with Gasteiger partial charge in [-0.15, -0.1) is 0 Å². The van der Waals surface area contributed by atoms with E-state index in [1.54, 1.807) is 0 Å². The largest absolute Gasteiger partial charge is 0.481 e. The van der Waals surface area contributed by atoms with Crippen LogP contribution in [-0.4, -0.2) is 40.8 Å². The van der Waals surface area contributed by atoms with Crippen molar-refractivity contribution in [3.05, 3.63) is 0 Å². The molecule has 1 atom stereocenters. The first-order chi connectivity index (χ1) is 11.2. The molecule has 0 spiro atoms. The fourth-order valence-electron chi connectivity index (χ4n) is 2.53. The molecule has 0 radical (unpaired) electrons. The van der Waals surface area contributed by atoms with E-state index in [1.807, 2.05) is 0 Å². The van der Waals surface area contributed by atoms with Crippen LogP contribution in [0.2, 0.25) is 0 Å². The molecule has 0 aromatic rings. The molecule has 0 amide bonds. The molecule has 0 saturated heterocycles. The summed E-state index contributed by atoms with van der Waals surface area (Å²) >= 11 is 0. The summed E-state index contributed by atoms with van der Waals surface area (Å²) in [7, 11) is 0. The van der Waals surface area contributed by atoms with Crippen LogP contribution >= 0.6 is 0 Å². The maximum absolute atomic E-state index is 10.3. The van der Waals surface area contributed by atoms with Gasteiger partial charge in [-0.05, 0) is 32.1 Å². The van der Waals surface area contributed by atoms with Gasteiger partial charge < -0.3 is 20.1 Å². The average Bonchev–Trinajstić information content (AvgIpc) is 2.52. The monoisotopic (exact) mass is 332 g/mol. The number of hydrogen-bond acceptors (Lipinski definition) is 4. The second kappa shape index (κ2) is 17.7. The lowest BCUT2D eigenvalue weighted by atomic mass is 10.1. The van der Waals surface area contributed by atoms with Crippen LogP contribution in [0.15, 0.2) is 0 Å². The highest BCUT2D eigenvalue weighted by molar-refractivity contribution is 5.66. The number of unbranched alkanes of at least 4 members (excludes halogenated alkanes) is 10. The number of carbonyl (C=O) groups is 1. The van der Waals surface area contributed by atoms with E-state index in [1.165, 1.54) is 19.3 Å². The average molecular weight is 332 g/mol. The van der Waals surface area contributed by atoms with Crippen molar-refractivity contribution in [1.29, 1.82) is 0 Å². The van der Waals surface area contributed by atoms with Gasteiger partial charge in [-0.2, -0.15) is 0 Å². The van der Waals surface area contributed by atoms with Crippen LogP contribution in [0.3, 0.4) is 0 Å². The number of hydrogen-bond donors (Lipinski definition) is 3. The van der Waals surface area contributed by atoms with Gasteiger partial charge in [-0.1, -0.05) is 51.4 Å². The van der Waals surface area contributed by atoms with Crippen LogP contribution in [0, 0.1) is 0 Å². The first kappa shape index (κ1) is 22.4. The zero-order chi connectivity index (χ0) is 17.2. The number of aliphatic hydroxyl groups excluding tert-OH is 2. The van der Waals surface area contributed by atoms with Crippen molar-refractivity contribution in [3.63, 3.8) is 0 Å². The molecule has 23 heavy (non-hydrogen) atoms. The normalized spacial score (nSPS) is 12.4. The number of carboxylic acid groups (broad SMARTS) is 1. The van der Waals surface area contributed by atoms with Crippen LogP contribution in [0.5, 0.6) is 0 Å². The molecule has 5 heteroatoms. The van der Waals surface area contributed by atoms with E-state index in [0.717, 1.165) is 57.8 Å². The molecule has 0 aromatic heterocycles. The highest BCUT2D eigenvalue weighted by Gasteiger charge is 2.04. The maximum atomic E-state index is 10.3. The Kier molecular flexibility index (Phi) is 17.2. The Labute approximate surface area is 141 Å². The zero-order valence-corrected chi connectivity index (χ0v) is 14.5. The topological polar surface area (TPSA) is 87.0 Å². The standard InChI is InChI=1S/C18H36O5/c19-15-11-7-2-1-3-8-12-16-23-18(22)14-10-6-4-5-9-13-17(20)21/h18-19,22H,1-16H2,(H,20,21). The smallest absolute Gasteiger partial charge is 0.303 e. The predicted octanol–water partition coefficient (Wildman–Crippen LogP) is 3.86. The molecule has 5 nitrogen and oxygen atoms in total. The van der Waals surface area contributed by atoms with E-state index < -0.39 is 12.3 Å². The Balaban J connectivity index is 3.16. The molecule has 0 heterocycles. The number of carboxylic acids is 1. The van der Waals surface area contributed by atoms with Crippen LogP contribution in [-0.2, 0) is 9.53 Å². The molecule has 0 aliphatic carbocycles. The third-order valence-corrected chi connectivity index (χ3v) is 3.95. The lowest BCUT2D eigenvalue weighted by molar-refractivity contribution is -0.137. The first-order valence-corrected chi connectivity index (χ1v) is 9.29. The Morgan fingerprint density at radius 1 is 0.783 bits per heavy atom. The number of aliphatic hydroxyl groups is 2.